The van der Waals surface area contributed by atoms with Gasteiger partial charge in [0.1, 0.15) is 5.69 Å². The van der Waals surface area contributed by atoms with Gasteiger partial charge >= 0.3 is 0 Å². The molecule has 1 atom stereocenters. The third-order valence-corrected chi connectivity index (χ3v) is 4.35. The summed E-state index contributed by atoms with van der Waals surface area (Å²) >= 11 is 6.16. The Balaban J connectivity index is 1.93. The number of rotatable bonds is 5. The van der Waals surface area contributed by atoms with E-state index in [1.54, 1.807) is 12.3 Å². The Kier molecular flexibility index (Phi) is 5.54. The van der Waals surface area contributed by atoms with Crippen LogP contribution < -0.4 is 10.6 Å². The number of benzene rings is 2. The van der Waals surface area contributed by atoms with Crippen molar-refractivity contribution < 1.29 is 4.79 Å². The second-order valence-electron chi connectivity index (χ2n) is 6.06. The van der Waals surface area contributed by atoms with Crippen molar-refractivity contribution in [1.29, 1.82) is 0 Å². The number of carbonyl (C=O) groups is 1. The number of nitrogens with zero attached hydrogens (tertiary/aromatic N) is 1. The molecule has 0 aliphatic heterocycles. The summed E-state index contributed by atoms with van der Waals surface area (Å²) in [6.07, 6.45) is 1.63. The number of hydrogen-bond donors (Lipinski definition) is 2. The zero-order valence-corrected chi connectivity index (χ0v) is 15.4. The molecule has 4 nitrogen and oxygen atoms in total. The van der Waals surface area contributed by atoms with Crippen LogP contribution in [0.4, 0.5) is 5.69 Å². The van der Waals surface area contributed by atoms with Gasteiger partial charge in [0.25, 0.3) is 5.91 Å². The standard InChI is InChI=1S/C21H20ClN3O/c1-14-5-3-6-15(11-14)20(16-7-4-8-17(22)12-16)25-21(26)19-10-9-18(23-2)13-24-19/h3-13,20,23H,1-2H3,(H,25,26). The highest BCUT2D eigenvalue weighted by Crippen LogP contribution is 2.25. The van der Waals surface area contributed by atoms with Crippen LogP contribution in [-0.4, -0.2) is 17.9 Å². The summed E-state index contributed by atoms with van der Waals surface area (Å²) in [6.45, 7) is 2.03. The highest BCUT2D eigenvalue weighted by atomic mass is 35.5. The van der Waals surface area contributed by atoms with Crippen LogP contribution >= 0.6 is 11.6 Å². The SMILES string of the molecule is CNc1ccc(C(=O)NC(c2cccc(C)c2)c2cccc(Cl)c2)nc1. The van der Waals surface area contributed by atoms with Crippen molar-refractivity contribution in [2.75, 3.05) is 12.4 Å². The fourth-order valence-electron chi connectivity index (χ4n) is 2.78. The average Bonchev–Trinajstić information content (AvgIpc) is 2.66. The van der Waals surface area contributed by atoms with Crippen LogP contribution in [0.1, 0.15) is 33.2 Å². The lowest BCUT2D eigenvalue weighted by molar-refractivity contribution is 0.0938. The summed E-state index contributed by atoms with van der Waals surface area (Å²) < 4.78 is 0. The molecule has 2 aromatic carbocycles. The molecule has 1 aromatic heterocycles. The second kappa shape index (κ2) is 8.02. The molecule has 1 heterocycles. The Morgan fingerprint density at radius 1 is 1.04 bits per heavy atom. The first-order chi connectivity index (χ1) is 12.6. The van der Waals surface area contributed by atoms with E-state index in [-0.39, 0.29) is 11.9 Å². The smallest absolute Gasteiger partial charge is 0.270 e. The monoisotopic (exact) mass is 365 g/mol. The van der Waals surface area contributed by atoms with E-state index in [0.29, 0.717) is 10.7 Å². The van der Waals surface area contributed by atoms with E-state index in [0.717, 1.165) is 22.4 Å². The molecule has 0 fully saturated rings. The van der Waals surface area contributed by atoms with Crippen molar-refractivity contribution in [3.8, 4) is 0 Å². The third kappa shape index (κ3) is 4.21. The van der Waals surface area contributed by atoms with Crippen LogP contribution in [0.15, 0.2) is 66.9 Å². The van der Waals surface area contributed by atoms with Gasteiger partial charge in [-0.25, -0.2) is 4.98 Å². The molecule has 0 aliphatic rings. The minimum atomic E-state index is -0.313. The first kappa shape index (κ1) is 18.0. The van der Waals surface area contributed by atoms with Crippen LogP contribution in [0.2, 0.25) is 5.02 Å². The van der Waals surface area contributed by atoms with Gasteiger partial charge in [-0.1, -0.05) is 53.6 Å². The lowest BCUT2D eigenvalue weighted by Gasteiger charge is -2.20. The van der Waals surface area contributed by atoms with Gasteiger partial charge in [-0.05, 0) is 42.3 Å². The van der Waals surface area contributed by atoms with Gasteiger partial charge in [-0.2, -0.15) is 0 Å². The van der Waals surface area contributed by atoms with E-state index in [2.05, 4.69) is 21.7 Å². The number of aromatic nitrogens is 1. The quantitative estimate of drug-likeness (QED) is 0.694. The number of hydrogen-bond acceptors (Lipinski definition) is 3. The number of amides is 1. The van der Waals surface area contributed by atoms with E-state index in [4.69, 9.17) is 11.6 Å². The summed E-state index contributed by atoms with van der Waals surface area (Å²) in [5.41, 5.74) is 4.26. The normalized spacial score (nSPS) is 11.7. The summed E-state index contributed by atoms with van der Waals surface area (Å²) in [5, 5.41) is 6.70. The molecular formula is C21H20ClN3O. The molecule has 0 bridgehead atoms. The molecule has 0 aliphatic carbocycles. The maximum Gasteiger partial charge on any atom is 0.270 e. The zero-order chi connectivity index (χ0) is 18.5. The topological polar surface area (TPSA) is 54.0 Å². The van der Waals surface area contributed by atoms with E-state index >= 15 is 0 Å². The first-order valence-electron chi connectivity index (χ1n) is 8.33. The molecule has 5 heteroatoms. The molecule has 3 rings (SSSR count). The largest absolute Gasteiger partial charge is 0.387 e. The Labute approximate surface area is 158 Å². The molecule has 1 unspecified atom stereocenters. The van der Waals surface area contributed by atoms with Gasteiger partial charge < -0.3 is 10.6 Å². The van der Waals surface area contributed by atoms with Gasteiger partial charge in [0.05, 0.1) is 17.9 Å². The van der Waals surface area contributed by atoms with Crippen LogP contribution in [0.25, 0.3) is 0 Å². The minimum Gasteiger partial charge on any atom is -0.387 e. The number of anilines is 1. The minimum absolute atomic E-state index is 0.237. The van der Waals surface area contributed by atoms with Crippen molar-refractivity contribution in [3.05, 3.63) is 94.3 Å². The number of carbonyl (C=O) groups excluding carboxylic acids is 1. The van der Waals surface area contributed by atoms with E-state index < -0.39 is 0 Å². The first-order valence-corrected chi connectivity index (χ1v) is 8.71. The molecule has 0 saturated carbocycles. The van der Waals surface area contributed by atoms with Crippen LogP contribution in [0.3, 0.4) is 0 Å². The fraction of sp³-hybridized carbons (Fsp3) is 0.143. The van der Waals surface area contributed by atoms with Crippen LogP contribution in [0, 0.1) is 6.92 Å². The molecule has 1 amide bonds. The maximum atomic E-state index is 12.7. The lowest BCUT2D eigenvalue weighted by Crippen LogP contribution is -2.30. The van der Waals surface area contributed by atoms with Crippen molar-refractivity contribution in [3.63, 3.8) is 0 Å². The highest BCUT2D eigenvalue weighted by molar-refractivity contribution is 6.30. The maximum absolute atomic E-state index is 12.7. The van der Waals surface area contributed by atoms with E-state index in [9.17, 15) is 4.79 Å². The summed E-state index contributed by atoms with van der Waals surface area (Å²) in [5.74, 6) is -0.237. The molecule has 2 N–H and O–H groups in total. The molecule has 0 radical (unpaired) electrons. The molecule has 3 aromatic rings. The Hall–Kier alpha value is -2.85. The Bertz CT molecular complexity index is 864. The predicted octanol–water partition coefficient (Wildman–Crippen LogP) is 4.60. The number of nitrogens with one attached hydrogen (secondary N) is 2. The third-order valence-electron chi connectivity index (χ3n) is 4.12. The number of aryl methyl sites for hydroxylation is 1. The van der Waals surface area contributed by atoms with Gasteiger partial charge in [0.15, 0.2) is 0 Å². The molecule has 26 heavy (non-hydrogen) atoms. The van der Waals surface area contributed by atoms with Crippen molar-refractivity contribution >= 4 is 23.2 Å². The Morgan fingerprint density at radius 3 is 2.38 bits per heavy atom. The van der Waals surface area contributed by atoms with Crippen molar-refractivity contribution in [1.82, 2.24) is 10.3 Å². The van der Waals surface area contributed by atoms with Gasteiger partial charge in [0, 0.05) is 12.1 Å². The van der Waals surface area contributed by atoms with Crippen LogP contribution in [-0.2, 0) is 0 Å². The van der Waals surface area contributed by atoms with Crippen molar-refractivity contribution in [2.24, 2.45) is 0 Å². The van der Waals surface area contributed by atoms with Gasteiger partial charge in [-0.3, -0.25) is 4.79 Å². The predicted molar refractivity (Wildman–Crippen MR) is 106 cm³/mol. The molecule has 132 valence electrons. The highest BCUT2D eigenvalue weighted by Gasteiger charge is 2.19. The number of pyridine rings is 1. The van der Waals surface area contributed by atoms with E-state index in [1.807, 2.05) is 62.5 Å². The Morgan fingerprint density at radius 2 is 1.77 bits per heavy atom. The lowest BCUT2D eigenvalue weighted by atomic mass is 9.97. The van der Waals surface area contributed by atoms with Crippen molar-refractivity contribution in [2.45, 2.75) is 13.0 Å². The summed E-state index contributed by atoms with van der Waals surface area (Å²) in [4.78, 5) is 17.0. The van der Waals surface area contributed by atoms with Gasteiger partial charge in [-0.15, -0.1) is 0 Å². The average molecular weight is 366 g/mol. The summed E-state index contributed by atoms with van der Waals surface area (Å²) in [6, 6.07) is 18.8. The second-order valence-corrected chi connectivity index (χ2v) is 6.49. The van der Waals surface area contributed by atoms with Gasteiger partial charge in [0.2, 0.25) is 0 Å². The summed E-state index contributed by atoms with van der Waals surface area (Å²) in [7, 11) is 1.81. The zero-order valence-electron chi connectivity index (χ0n) is 14.7. The molecule has 0 saturated heterocycles. The fourth-order valence-corrected chi connectivity index (χ4v) is 2.97. The number of halogens is 1. The van der Waals surface area contributed by atoms with E-state index in [1.165, 1.54) is 0 Å². The molecular weight excluding hydrogens is 346 g/mol. The van der Waals surface area contributed by atoms with Crippen LogP contribution in [0.5, 0.6) is 0 Å². The molecule has 0 spiro atoms.